The molecular weight excluding hydrogens is 318 g/mol. The van der Waals surface area contributed by atoms with Gasteiger partial charge in [-0.1, -0.05) is 0 Å². The molecule has 0 amide bonds. The molecule has 122 valence electrons. The lowest BCUT2D eigenvalue weighted by atomic mass is 10.1. The molecule has 0 radical (unpaired) electrons. The molecule has 0 saturated carbocycles. The van der Waals surface area contributed by atoms with Crippen molar-refractivity contribution in [2.45, 2.75) is 0 Å². The van der Waals surface area contributed by atoms with Gasteiger partial charge in [0, 0.05) is 0 Å². The largest absolute Gasteiger partial charge is 0.478 e. The minimum absolute atomic E-state index is 0.0151. The molecule has 3 rings (SSSR count). The molecule has 9 nitrogen and oxygen atoms in total. The van der Waals surface area contributed by atoms with Crippen molar-refractivity contribution in [3.8, 4) is 11.5 Å². The lowest BCUT2D eigenvalue weighted by molar-refractivity contribution is -0.385. The third kappa shape index (κ3) is 3.09. The molecule has 1 aliphatic heterocycles. The Bertz CT molecular complexity index is 832. The van der Waals surface area contributed by atoms with Gasteiger partial charge in [0.05, 0.1) is 34.0 Å². The van der Waals surface area contributed by atoms with E-state index in [1.54, 1.807) is 0 Å². The maximum Gasteiger partial charge on any atom is 0.335 e. The number of hydrogen-bond acceptors (Lipinski definition) is 7. The summed E-state index contributed by atoms with van der Waals surface area (Å²) in [6.45, 7) is 0.0151. The Morgan fingerprint density at radius 2 is 1.92 bits per heavy atom. The van der Waals surface area contributed by atoms with Gasteiger partial charge >= 0.3 is 5.97 Å². The number of ether oxygens (including phenoxy) is 2. The Morgan fingerprint density at radius 1 is 1.25 bits per heavy atom. The van der Waals surface area contributed by atoms with Crippen LogP contribution in [0.1, 0.15) is 15.9 Å². The lowest BCUT2D eigenvalue weighted by Crippen LogP contribution is -1.98. The van der Waals surface area contributed by atoms with Crippen LogP contribution in [0.5, 0.6) is 11.5 Å². The van der Waals surface area contributed by atoms with Crippen LogP contribution in [0.3, 0.4) is 0 Å². The summed E-state index contributed by atoms with van der Waals surface area (Å²) in [4.78, 5) is 21.4. The first kappa shape index (κ1) is 15.3. The number of benzene rings is 2. The van der Waals surface area contributed by atoms with Gasteiger partial charge in [0.1, 0.15) is 0 Å². The number of nitro groups is 1. The van der Waals surface area contributed by atoms with Gasteiger partial charge in [-0.05, 0) is 30.3 Å². The van der Waals surface area contributed by atoms with E-state index in [9.17, 15) is 14.9 Å². The van der Waals surface area contributed by atoms with Crippen LogP contribution in [0.15, 0.2) is 41.5 Å². The fourth-order valence-corrected chi connectivity index (χ4v) is 2.07. The topological polar surface area (TPSA) is 123 Å². The molecule has 0 unspecified atom stereocenters. The van der Waals surface area contributed by atoms with Crippen molar-refractivity contribution in [2.75, 3.05) is 12.2 Å². The third-order valence-corrected chi connectivity index (χ3v) is 3.25. The minimum atomic E-state index is -1.03. The van der Waals surface area contributed by atoms with Crippen LogP contribution < -0.4 is 14.9 Å². The number of aromatic carboxylic acids is 1. The normalized spacial score (nSPS) is 12.3. The number of nitrogens with zero attached hydrogens (tertiary/aromatic N) is 2. The van der Waals surface area contributed by atoms with Gasteiger partial charge in [-0.3, -0.25) is 15.5 Å². The molecule has 0 atom stereocenters. The monoisotopic (exact) mass is 329 g/mol. The summed E-state index contributed by atoms with van der Waals surface area (Å²) >= 11 is 0. The van der Waals surface area contributed by atoms with Gasteiger partial charge in [0.25, 0.3) is 5.69 Å². The summed E-state index contributed by atoms with van der Waals surface area (Å²) in [6.07, 6.45) is 1.28. The number of fused-ring (bicyclic) bond motifs is 1. The Kier molecular flexibility index (Phi) is 3.98. The van der Waals surface area contributed by atoms with Gasteiger partial charge in [-0.15, -0.1) is 0 Å². The molecule has 2 aromatic carbocycles. The molecule has 0 saturated heterocycles. The van der Waals surface area contributed by atoms with Gasteiger partial charge in [-0.25, -0.2) is 4.79 Å². The quantitative estimate of drug-likeness (QED) is 0.490. The average molecular weight is 329 g/mol. The molecule has 2 N–H and O–H groups in total. The smallest absolute Gasteiger partial charge is 0.335 e. The highest BCUT2D eigenvalue weighted by Crippen LogP contribution is 2.37. The molecule has 9 heteroatoms. The zero-order chi connectivity index (χ0) is 17.1. The maximum absolute atomic E-state index is 11.1. The number of hydrogen-bond donors (Lipinski definition) is 2. The van der Waals surface area contributed by atoms with Crippen molar-refractivity contribution in [3.63, 3.8) is 0 Å². The third-order valence-electron chi connectivity index (χ3n) is 3.25. The van der Waals surface area contributed by atoms with Gasteiger partial charge in [0.15, 0.2) is 11.5 Å². The summed E-state index contributed by atoms with van der Waals surface area (Å²) < 4.78 is 10.3. The first-order chi connectivity index (χ1) is 11.5. The Labute approximate surface area is 135 Å². The summed E-state index contributed by atoms with van der Waals surface area (Å²) in [7, 11) is 0. The van der Waals surface area contributed by atoms with E-state index < -0.39 is 10.9 Å². The van der Waals surface area contributed by atoms with Crippen molar-refractivity contribution in [1.82, 2.24) is 0 Å². The average Bonchev–Trinajstić information content (AvgIpc) is 3.01. The number of nitrogens with one attached hydrogen (secondary N) is 1. The van der Waals surface area contributed by atoms with E-state index in [1.807, 2.05) is 0 Å². The SMILES string of the molecule is O=C(O)c1ccc(N/N=C/c2cc3c(cc2[N+](=O)[O-])OCO3)cc1. The number of anilines is 1. The number of hydrazone groups is 1. The van der Waals surface area contributed by atoms with Crippen molar-refractivity contribution in [2.24, 2.45) is 5.10 Å². The predicted octanol–water partition coefficient (Wildman–Crippen LogP) is 2.47. The van der Waals surface area contributed by atoms with Crippen LogP contribution in [0.25, 0.3) is 0 Å². The maximum atomic E-state index is 11.1. The van der Waals surface area contributed by atoms with E-state index in [1.165, 1.54) is 42.6 Å². The minimum Gasteiger partial charge on any atom is -0.478 e. The van der Waals surface area contributed by atoms with Crippen molar-refractivity contribution >= 4 is 23.6 Å². The van der Waals surface area contributed by atoms with E-state index in [0.717, 1.165) is 0 Å². The van der Waals surface area contributed by atoms with Gasteiger partial charge in [-0.2, -0.15) is 5.10 Å². The molecule has 0 bridgehead atoms. The van der Waals surface area contributed by atoms with E-state index >= 15 is 0 Å². The van der Waals surface area contributed by atoms with E-state index in [2.05, 4.69) is 10.5 Å². The van der Waals surface area contributed by atoms with Gasteiger partial charge < -0.3 is 14.6 Å². The second-order valence-electron chi connectivity index (χ2n) is 4.77. The van der Waals surface area contributed by atoms with E-state index in [0.29, 0.717) is 17.2 Å². The molecule has 0 aromatic heterocycles. The van der Waals surface area contributed by atoms with Crippen LogP contribution >= 0.6 is 0 Å². The second kappa shape index (κ2) is 6.24. The lowest BCUT2D eigenvalue weighted by Gasteiger charge is -2.02. The molecule has 24 heavy (non-hydrogen) atoms. The fraction of sp³-hybridized carbons (Fsp3) is 0.0667. The van der Waals surface area contributed by atoms with Gasteiger partial charge in [0.2, 0.25) is 6.79 Å². The van der Waals surface area contributed by atoms with E-state index in [4.69, 9.17) is 14.6 Å². The molecule has 2 aromatic rings. The van der Waals surface area contributed by atoms with Crippen LogP contribution in [0, 0.1) is 10.1 Å². The van der Waals surface area contributed by atoms with Crippen LogP contribution in [-0.4, -0.2) is 29.0 Å². The summed E-state index contributed by atoms with van der Waals surface area (Å²) in [5, 5.41) is 23.9. The summed E-state index contributed by atoms with van der Waals surface area (Å²) in [5.74, 6) is -0.301. The number of rotatable bonds is 5. The van der Waals surface area contributed by atoms with Crippen molar-refractivity contribution < 1.29 is 24.3 Å². The number of carboxylic acid groups (broad SMARTS) is 1. The molecular formula is C15H11N3O6. The van der Waals surface area contributed by atoms with E-state index in [-0.39, 0.29) is 23.6 Å². The van der Waals surface area contributed by atoms with Crippen molar-refractivity contribution in [1.29, 1.82) is 0 Å². The highest BCUT2D eigenvalue weighted by molar-refractivity contribution is 5.88. The standard InChI is InChI=1S/C15H11N3O6/c19-15(20)9-1-3-11(4-2-9)17-16-7-10-5-13-14(24-8-23-13)6-12(10)18(21)22/h1-7,17H,8H2,(H,19,20)/b16-7+. The summed E-state index contributed by atoms with van der Waals surface area (Å²) in [6, 6.07) is 8.67. The highest BCUT2D eigenvalue weighted by Gasteiger charge is 2.22. The molecule has 0 fully saturated rings. The zero-order valence-corrected chi connectivity index (χ0v) is 12.1. The van der Waals surface area contributed by atoms with Crippen LogP contribution in [-0.2, 0) is 0 Å². The predicted molar refractivity (Wildman–Crippen MR) is 83.8 cm³/mol. The highest BCUT2D eigenvalue weighted by atomic mass is 16.7. The Morgan fingerprint density at radius 3 is 2.54 bits per heavy atom. The number of carbonyl (C=O) groups is 1. The number of nitro benzene ring substituents is 1. The molecule has 1 aliphatic rings. The fourth-order valence-electron chi connectivity index (χ4n) is 2.07. The molecule has 0 spiro atoms. The number of carboxylic acids is 1. The molecule has 1 heterocycles. The molecule has 0 aliphatic carbocycles. The Balaban J connectivity index is 1.79. The van der Waals surface area contributed by atoms with Crippen molar-refractivity contribution in [3.05, 3.63) is 57.6 Å². The summed E-state index contributed by atoms with van der Waals surface area (Å²) in [5.41, 5.74) is 3.45. The Hall–Kier alpha value is -3.62. The van der Waals surface area contributed by atoms with Crippen LogP contribution in [0.4, 0.5) is 11.4 Å². The second-order valence-corrected chi connectivity index (χ2v) is 4.77. The first-order valence-electron chi connectivity index (χ1n) is 6.75. The first-order valence-corrected chi connectivity index (χ1v) is 6.75. The zero-order valence-electron chi connectivity index (χ0n) is 12.1. The van der Waals surface area contributed by atoms with Crippen LogP contribution in [0.2, 0.25) is 0 Å².